The highest BCUT2D eigenvalue weighted by Crippen LogP contribution is 2.45. The zero-order chi connectivity index (χ0) is 14.9. The Balaban J connectivity index is 2.50. The van der Waals surface area contributed by atoms with E-state index in [9.17, 15) is 4.79 Å². The maximum Gasteiger partial charge on any atom is 0.246 e. The standard InChI is InChI=1S/C16H31NO2/c1-14(2,3)19-10-13(18)17-12-8-15(4,5)11-16(6,7)9-12/h12H,8-11H2,1-7H3,(H,17,18). The Morgan fingerprint density at radius 1 is 1.16 bits per heavy atom. The lowest BCUT2D eigenvalue weighted by Gasteiger charge is -2.45. The topological polar surface area (TPSA) is 38.3 Å². The molecule has 19 heavy (non-hydrogen) atoms. The first-order chi connectivity index (χ1) is 8.39. The molecule has 0 aliphatic heterocycles. The fourth-order valence-electron chi connectivity index (χ4n) is 3.50. The zero-order valence-electron chi connectivity index (χ0n) is 13.7. The molecule has 0 bridgehead atoms. The lowest BCUT2D eigenvalue weighted by molar-refractivity contribution is -0.132. The van der Waals surface area contributed by atoms with Crippen LogP contribution in [-0.2, 0) is 9.53 Å². The Morgan fingerprint density at radius 2 is 1.63 bits per heavy atom. The van der Waals surface area contributed by atoms with E-state index in [-0.39, 0.29) is 24.2 Å². The second-order valence-electron chi connectivity index (χ2n) is 8.58. The summed E-state index contributed by atoms with van der Waals surface area (Å²) in [6.07, 6.45) is 3.32. The van der Waals surface area contributed by atoms with Gasteiger partial charge >= 0.3 is 0 Å². The summed E-state index contributed by atoms with van der Waals surface area (Å²) in [5.41, 5.74) is 0.331. The molecule has 0 heterocycles. The lowest BCUT2D eigenvalue weighted by atomic mass is 9.63. The van der Waals surface area contributed by atoms with E-state index < -0.39 is 0 Å². The molecule has 1 amide bonds. The molecule has 0 saturated heterocycles. The largest absolute Gasteiger partial charge is 0.366 e. The van der Waals surface area contributed by atoms with Crippen LogP contribution in [0.4, 0.5) is 0 Å². The summed E-state index contributed by atoms with van der Waals surface area (Å²) >= 11 is 0. The Kier molecular flexibility index (Phi) is 4.71. The minimum absolute atomic E-state index is 0.00780. The van der Waals surface area contributed by atoms with Crippen LogP contribution >= 0.6 is 0 Å². The first kappa shape index (κ1) is 16.5. The molecule has 1 saturated carbocycles. The van der Waals surface area contributed by atoms with Gasteiger partial charge in [0.25, 0.3) is 0 Å². The summed E-state index contributed by atoms with van der Waals surface area (Å²) in [4.78, 5) is 11.9. The number of rotatable bonds is 3. The lowest BCUT2D eigenvalue weighted by Crippen LogP contribution is -2.47. The van der Waals surface area contributed by atoms with Crippen molar-refractivity contribution in [3.8, 4) is 0 Å². The normalized spacial score (nSPS) is 23.1. The predicted octanol–water partition coefficient (Wildman–Crippen LogP) is 3.52. The molecule has 112 valence electrons. The van der Waals surface area contributed by atoms with Crippen molar-refractivity contribution in [2.45, 2.75) is 79.4 Å². The average Bonchev–Trinajstić information content (AvgIpc) is 2.07. The summed E-state index contributed by atoms with van der Waals surface area (Å²) in [6.45, 7) is 15.2. The Morgan fingerprint density at radius 3 is 2.05 bits per heavy atom. The van der Waals surface area contributed by atoms with Crippen LogP contribution in [0.15, 0.2) is 0 Å². The van der Waals surface area contributed by atoms with Gasteiger partial charge in [-0.05, 0) is 50.9 Å². The molecule has 0 aromatic carbocycles. The van der Waals surface area contributed by atoms with Gasteiger partial charge in [0.2, 0.25) is 5.91 Å². The second-order valence-corrected chi connectivity index (χ2v) is 8.58. The Bertz CT molecular complexity index is 310. The molecule has 0 radical (unpaired) electrons. The fraction of sp³-hybridized carbons (Fsp3) is 0.938. The van der Waals surface area contributed by atoms with Gasteiger partial charge in [-0.1, -0.05) is 27.7 Å². The van der Waals surface area contributed by atoms with Gasteiger partial charge in [0, 0.05) is 6.04 Å². The van der Waals surface area contributed by atoms with Gasteiger partial charge < -0.3 is 10.1 Å². The van der Waals surface area contributed by atoms with Gasteiger partial charge in [-0.15, -0.1) is 0 Å². The molecule has 1 N–H and O–H groups in total. The number of hydrogen-bond acceptors (Lipinski definition) is 2. The third-order valence-electron chi connectivity index (χ3n) is 3.56. The van der Waals surface area contributed by atoms with Gasteiger partial charge in [-0.3, -0.25) is 4.79 Å². The molecule has 0 atom stereocenters. The Labute approximate surface area is 118 Å². The van der Waals surface area contributed by atoms with E-state index in [4.69, 9.17) is 4.74 Å². The third-order valence-corrected chi connectivity index (χ3v) is 3.56. The van der Waals surface area contributed by atoms with Crippen LogP contribution in [0.2, 0.25) is 0 Å². The number of carbonyl (C=O) groups excluding carboxylic acids is 1. The van der Waals surface area contributed by atoms with Crippen LogP contribution in [-0.4, -0.2) is 24.2 Å². The van der Waals surface area contributed by atoms with E-state index in [0.29, 0.717) is 10.8 Å². The first-order valence-corrected chi connectivity index (χ1v) is 7.32. The monoisotopic (exact) mass is 269 g/mol. The molecular formula is C16H31NO2. The first-order valence-electron chi connectivity index (χ1n) is 7.32. The molecule has 1 rings (SSSR count). The average molecular weight is 269 g/mol. The van der Waals surface area contributed by atoms with Crippen LogP contribution in [0.5, 0.6) is 0 Å². The fourth-order valence-corrected chi connectivity index (χ4v) is 3.50. The van der Waals surface area contributed by atoms with E-state index in [1.807, 2.05) is 20.8 Å². The quantitative estimate of drug-likeness (QED) is 0.851. The number of nitrogens with one attached hydrogen (secondary N) is 1. The number of hydrogen-bond donors (Lipinski definition) is 1. The van der Waals surface area contributed by atoms with Gasteiger partial charge in [0.15, 0.2) is 0 Å². The van der Waals surface area contributed by atoms with Crippen LogP contribution < -0.4 is 5.32 Å². The summed E-state index contributed by atoms with van der Waals surface area (Å²) in [7, 11) is 0. The number of ether oxygens (including phenoxy) is 1. The molecule has 1 aliphatic rings. The minimum atomic E-state index is -0.261. The maximum absolute atomic E-state index is 11.9. The van der Waals surface area contributed by atoms with E-state index in [1.54, 1.807) is 0 Å². The van der Waals surface area contributed by atoms with Crippen molar-refractivity contribution >= 4 is 5.91 Å². The molecular weight excluding hydrogens is 238 g/mol. The van der Waals surface area contributed by atoms with Crippen molar-refractivity contribution in [1.82, 2.24) is 5.32 Å². The Hall–Kier alpha value is -0.570. The van der Waals surface area contributed by atoms with Gasteiger partial charge in [0.05, 0.1) is 5.60 Å². The van der Waals surface area contributed by atoms with Crippen molar-refractivity contribution < 1.29 is 9.53 Å². The summed E-state index contributed by atoms with van der Waals surface area (Å²) in [6, 6.07) is 0.273. The molecule has 3 heteroatoms. The highest BCUT2D eigenvalue weighted by atomic mass is 16.5. The summed E-state index contributed by atoms with van der Waals surface area (Å²) in [5, 5.41) is 3.14. The van der Waals surface area contributed by atoms with Crippen molar-refractivity contribution in [2.75, 3.05) is 6.61 Å². The number of carbonyl (C=O) groups is 1. The smallest absolute Gasteiger partial charge is 0.246 e. The molecule has 0 aromatic rings. The molecule has 0 aromatic heterocycles. The van der Waals surface area contributed by atoms with E-state index in [0.717, 1.165) is 12.8 Å². The van der Waals surface area contributed by atoms with Gasteiger partial charge in [0.1, 0.15) is 6.61 Å². The number of amides is 1. The van der Waals surface area contributed by atoms with Crippen molar-refractivity contribution in [3.05, 3.63) is 0 Å². The summed E-state index contributed by atoms with van der Waals surface area (Å²) in [5.74, 6) is 0.00780. The van der Waals surface area contributed by atoms with Crippen LogP contribution in [0, 0.1) is 10.8 Å². The molecule has 0 spiro atoms. The molecule has 1 fully saturated rings. The van der Waals surface area contributed by atoms with E-state index in [1.165, 1.54) is 6.42 Å². The van der Waals surface area contributed by atoms with Crippen LogP contribution in [0.3, 0.4) is 0 Å². The zero-order valence-corrected chi connectivity index (χ0v) is 13.7. The van der Waals surface area contributed by atoms with Crippen molar-refractivity contribution in [2.24, 2.45) is 10.8 Å². The van der Waals surface area contributed by atoms with E-state index >= 15 is 0 Å². The minimum Gasteiger partial charge on any atom is -0.366 e. The van der Waals surface area contributed by atoms with Crippen molar-refractivity contribution in [1.29, 1.82) is 0 Å². The van der Waals surface area contributed by atoms with Crippen LogP contribution in [0.1, 0.15) is 67.7 Å². The summed E-state index contributed by atoms with van der Waals surface area (Å²) < 4.78 is 5.52. The molecule has 1 aliphatic carbocycles. The molecule has 3 nitrogen and oxygen atoms in total. The second kappa shape index (κ2) is 5.43. The highest BCUT2D eigenvalue weighted by Gasteiger charge is 2.38. The highest BCUT2D eigenvalue weighted by molar-refractivity contribution is 5.77. The third kappa shape index (κ3) is 6.42. The van der Waals surface area contributed by atoms with Gasteiger partial charge in [-0.2, -0.15) is 0 Å². The SMILES string of the molecule is CC1(C)CC(NC(=O)COC(C)(C)C)CC(C)(C)C1. The van der Waals surface area contributed by atoms with Crippen LogP contribution in [0.25, 0.3) is 0 Å². The predicted molar refractivity (Wildman–Crippen MR) is 79.0 cm³/mol. The maximum atomic E-state index is 11.9. The van der Waals surface area contributed by atoms with Gasteiger partial charge in [-0.25, -0.2) is 0 Å². The van der Waals surface area contributed by atoms with E-state index in [2.05, 4.69) is 33.0 Å². The molecule has 0 unspecified atom stereocenters. The van der Waals surface area contributed by atoms with Crippen molar-refractivity contribution in [3.63, 3.8) is 0 Å².